The largest absolute Gasteiger partial charge is 0.303 e. The van der Waals surface area contributed by atoms with Gasteiger partial charge in [-0.15, -0.1) is 0 Å². The van der Waals surface area contributed by atoms with Crippen molar-refractivity contribution < 1.29 is 9.18 Å². The molecule has 0 bridgehead atoms. The maximum atomic E-state index is 13.1. The maximum absolute atomic E-state index is 13.1. The van der Waals surface area contributed by atoms with Gasteiger partial charge in [0.2, 0.25) is 0 Å². The summed E-state index contributed by atoms with van der Waals surface area (Å²) >= 11 is 0. The van der Waals surface area contributed by atoms with Gasteiger partial charge in [0, 0.05) is 0 Å². The first-order valence-corrected chi connectivity index (χ1v) is 3.53. The first-order valence-electron chi connectivity index (χ1n) is 3.53. The minimum Gasteiger partial charge on any atom is -0.303 e. The van der Waals surface area contributed by atoms with Gasteiger partial charge in [0.15, 0.2) is 0 Å². The molecule has 60 valence electrons. The molecule has 1 atom stereocenters. The van der Waals surface area contributed by atoms with Gasteiger partial charge in [0.25, 0.3) is 0 Å². The van der Waals surface area contributed by atoms with Gasteiger partial charge in [0.1, 0.15) is 12.0 Å². The van der Waals surface area contributed by atoms with E-state index < -0.39 is 11.6 Å². The Balaban J connectivity index is 4.21. The summed E-state index contributed by atoms with van der Waals surface area (Å²) < 4.78 is 13.1. The van der Waals surface area contributed by atoms with E-state index in [1.54, 1.807) is 0 Å². The van der Waals surface area contributed by atoms with Crippen LogP contribution in [-0.2, 0) is 4.79 Å². The number of hydrogen-bond donors (Lipinski definition) is 0. The number of aldehydes is 1. The highest BCUT2D eigenvalue weighted by molar-refractivity contribution is 5.55. The number of alkyl halides is 1. The van der Waals surface area contributed by atoms with Crippen LogP contribution in [0.2, 0.25) is 0 Å². The van der Waals surface area contributed by atoms with Crippen LogP contribution in [0.5, 0.6) is 0 Å². The normalized spacial score (nSPS) is 15.4. The van der Waals surface area contributed by atoms with Crippen LogP contribution in [0.3, 0.4) is 0 Å². The van der Waals surface area contributed by atoms with Crippen molar-refractivity contribution in [3.05, 3.63) is 0 Å². The average molecular weight is 146 g/mol. The molecule has 0 fully saturated rings. The second-order valence-corrected chi connectivity index (χ2v) is 3.47. The summed E-state index contributed by atoms with van der Waals surface area (Å²) in [4.78, 5) is 10.4. The molecule has 1 nitrogen and oxygen atoms in total. The molecule has 0 rings (SSSR count). The van der Waals surface area contributed by atoms with Gasteiger partial charge >= 0.3 is 0 Å². The van der Waals surface area contributed by atoms with Crippen molar-refractivity contribution in [1.29, 1.82) is 0 Å². The predicted octanol–water partition coefficient (Wildman–Crippen LogP) is 2.21. The number of carbonyl (C=O) groups excluding carboxylic acids is 1. The fraction of sp³-hybridized carbons (Fsp3) is 0.875. The lowest BCUT2D eigenvalue weighted by molar-refractivity contribution is -0.116. The summed E-state index contributed by atoms with van der Waals surface area (Å²) in [5.41, 5.74) is -1.38. The molecule has 0 saturated carbocycles. The summed E-state index contributed by atoms with van der Waals surface area (Å²) in [7, 11) is 0. The topological polar surface area (TPSA) is 17.1 Å². The Hall–Kier alpha value is -0.400. The molecular weight excluding hydrogens is 131 g/mol. The molecule has 0 aromatic heterocycles. The molecular formula is C8H15FO. The minimum atomic E-state index is -1.38. The lowest BCUT2D eigenvalue weighted by atomic mass is 9.85. The zero-order valence-electron chi connectivity index (χ0n) is 7.02. The fourth-order valence-electron chi connectivity index (χ4n) is 1.11. The quantitative estimate of drug-likeness (QED) is 0.558. The second-order valence-electron chi connectivity index (χ2n) is 3.47. The Morgan fingerprint density at radius 1 is 1.40 bits per heavy atom. The molecule has 2 heteroatoms. The molecule has 0 amide bonds. The third kappa shape index (κ3) is 2.46. The summed E-state index contributed by atoms with van der Waals surface area (Å²) in [6.45, 7) is 6.57. The molecule has 0 aliphatic heterocycles. The van der Waals surface area contributed by atoms with Crippen LogP contribution in [-0.4, -0.2) is 12.0 Å². The molecule has 0 aromatic carbocycles. The van der Waals surface area contributed by atoms with Gasteiger partial charge in [-0.2, -0.15) is 0 Å². The van der Waals surface area contributed by atoms with E-state index in [1.807, 2.05) is 13.8 Å². The van der Waals surface area contributed by atoms with Crippen molar-refractivity contribution in [1.82, 2.24) is 0 Å². The van der Waals surface area contributed by atoms with E-state index in [1.165, 1.54) is 13.8 Å². The summed E-state index contributed by atoms with van der Waals surface area (Å²) in [6.07, 6.45) is 0.699. The molecule has 0 aliphatic carbocycles. The zero-order chi connectivity index (χ0) is 8.36. The van der Waals surface area contributed by atoms with E-state index in [9.17, 15) is 9.18 Å². The molecule has 0 saturated heterocycles. The number of rotatable bonds is 3. The Morgan fingerprint density at radius 2 is 1.80 bits per heavy atom. The summed E-state index contributed by atoms with van der Waals surface area (Å²) in [5, 5.41) is 0. The van der Waals surface area contributed by atoms with Crippen molar-refractivity contribution >= 4 is 6.29 Å². The highest BCUT2D eigenvalue weighted by atomic mass is 19.1. The molecule has 10 heavy (non-hydrogen) atoms. The van der Waals surface area contributed by atoms with Crippen LogP contribution in [0.1, 0.15) is 27.7 Å². The highest BCUT2D eigenvalue weighted by Gasteiger charge is 2.30. The Morgan fingerprint density at radius 3 is 1.80 bits per heavy atom. The van der Waals surface area contributed by atoms with Gasteiger partial charge < -0.3 is 4.79 Å². The SMILES string of the molecule is CC(C)C(C=O)C(C)(C)F. The van der Waals surface area contributed by atoms with Crippen molar-refractivity contribution in [3.8, 4) is 0 Å². The molecule has 0 radical (unpaired) electrons. The number of halogens is 1. The van der Waals surface area contributed by atoms with Gasteiger partial charge in [-0.05, 0) is 19.8 Å². The molecule has 0 N–H and O–H groups in total. The third-order valence-corrected chi connectivity index (χ3v) is 1.66. The third-order valence-electron chi connectivity index (χ3n) is 1.66. The molecule has 1 unspecified atom stereocenters. The molecule has 0 heterocycles. The second kappa shape index (κ2) is 3.13. The van der Waals surface area contributed by atoms with Crippen LogP contribution >= 0.6 is 0 Å². The van der Waals surface area contributed by atoms with E-state index in [2.05, 4.69) is 0 Å². The van der Waals surface area contributed by atoms with Crippen LogP contribution < -0.4 is 0 Å². The zero-order valence-corrected chi connectivity index (χ0v) is 7.02. The molecule has 0 aliphatic rings. The Kier molecular flexibility index (Phi) is 3.00. The summed E-state index contributed by atoms with van der Waals surface area (Å²) in [6, 6.07) is 0. The van der Waals surface area contributed by atoms with Crippen molar-refractivity contribution in [2.45, 2.75) is 33.4 Å². The molecule has 0 aromatic rings. The first-order chi connectivity index (χ1) is 4.39. The molecule has 0 spiro atoms. The number of carbonyl (C=O) groups is 1. The van der Waals surface area contributed by atoms with Gasteiger partial charge in [0.05, 0.1) is 5.92 Å². The lowest BCUT2D eigenvalue weighted by Crippen LogP contribution is -2.31. The number of hydrogen-bond acceptors (Lipinski definition) is 1. The smallest absolute Gasteiger partial charge is 0.126 e. The van der Waals surface area contributed by atoms with Crippen molar-refractivity contribution in [2.75, 3.05) is 0 Å². The van der Waals surface area contributed by atoms with E-state index in [-0.39, 0.29) is 5.92 Å². The highest BCUT2D eigenvalue weighted by Crippen LogP contribution is 2.25. The Labute approximate surface area is 61.6 Å². The van der Waals surface area contributed by atoms with E-state index in [0.29, 0.717) is 6.29 Å². The lowest BCUT2D eigenvalue weighted by Gasteiger charge is -2.24. The maximum Gasteiger partial charge on any atom is 0.126 e. The standard InChI is InChI=1S/C8H15FO/c1-6(2)7(5-10)8(3,4)9/h5-7H,1-4H3. The van der Waals surface area contributed by atoms with Crippen LogP contribution in [0, 0.1) is 11.8 Å². The van der Waals surface area contributed by atoms with E-state index in [0.717, 1.165) is 0 Å². The Bertz CT molecular complexity index is 113. The average Bonchev–Trinajstić information content (AvgIpc) is 1.60. The minimum absolute atomic E-state index is 0.0810. The van der Waals surface area contributed by atoms with E-state index >= 15 is 0 Å². The summed E-state index contributed by atoms with van der Waals surface area (Å²) in [5.74, 6) is -0.398. The van der Waals surface area contributed by atoms with Crippen molar-refractivity contribution in [3.63, 3.8) is 0 Å². The van der Waals surface area contributed by atoms with Crippen molar-refractivity contribution in [2.24, 2.45) is 11.8 Å². The first kappa shape index (κ1) is 9.60. The van der Waals surface area contributed by atoms with Crippen LogP contribution in [0.15, 0.2) is 0 Å². The van der Waals surface area contributed by atoms with Crippen LogP contribution in [0.4, 0.5) is 4.39 Å². The van der Waals surface area contributed by atoms with E-state index in [4.69, 9.17) is 0 Å². The monoisotopic (exact) mass is 146 g/mol. The fourth-order valence-corrected chi connectivity index (χ4v) is 1.11. The predicted molar refractivity (Wildman–Crippen MR) is 39.6 cm³/mol. The van der Waals surface area contributed by atoms with Crippen LogP contribution in [0.25, 0.3) is 0 Å². The van der Waals surface area contributed by atoms with Gasteiger partial charge in [-0.1, -0.05) is 13.8 Å². The van der Waals surface area contributed by atoms with Gasteiger partial charge in [-0.3, -0.25) is 0 Å². The van der Waals surface area contributed by atoms with Gasteiger partial charge in [-0.25, -0.2) is 4.39 Å².